The van der Waals surface area contributed by atoms with Crippen molar-refractivity contribution in [2.24, 2.45) is 0 Å². The van der Waals surface area contributed by atoms with Crippen molar-refractivity contribution in [3.8, 4) is 5.75 Å². The Morgan fingerprint density at radius 1 is 1.30 bits per heavy atom. The highest BCUT2D eigenvalue weighted by atomic mass is 19.1. The highest BCUT2D eigenvalue weighted by Gasteiger charge is 2.25. The fourth-order valence-electron chi connectivity index (χ4n) is 2.64. The first-order valence-electron chi connectivity index (χ1n) is 6.83. The number of hydrogen-bond acceptors (Lipinski definition) is 2. The highest BCUT2D eigenvalue weighted by Crippen LogP contribution is 2.35. The van der Waals surface area contributed by atoms with Crippen LogP contribution in [0.5, 0.6) is 5.75 Å². The predicted molar refractivity (Wildman–Crippen MR) is 75.4 cm³/mol. The second kappa shape index (κ2) is 5.25. The summed E-state index contributed by atoms with van der Waals surface area (Å²) in [6.45, 7) is 2.11. The molecule has 0 amide bonds. The predicted octanol–water partition coefficient (Wildman–Crippen LogP) is 3.60. The summed E-state index contributed by atoms with van der Waals surface area (Å²) < 4.78 is 19.4. The van der Waals surface area contributed by atoms with Crippen molar-refractivity contribution in [2.75, 3.05) is 6.61 Å². The molecule has 0 aromatic heterocycles. The van der Waals surface area contributed by atoms with Gasteiger partial charge in [0.1, 0.15) is 11.6 Å². The fourth-order valence-corrected chi connectivity index (χ4v) is 2.64. The molecule has 3 heteroatoms. The van der Waals surface area contributed by atoms with Gasteiger partial charge in [0.2, 0.25) is 0 Å². The third-order valence-corrected chi connectivity index (χ3v) is 3.83. The van der Waals surface area contributed by atoms with E-state index in [9.17, 15) is 9.50 Å². The maximum absolute atomic E-state index is 13.7. The molecule has 0 heterocycles. The van der Waals surface area contributed by atoms with Crippen LogP contribution in [0.2, 0.25) is 0 Å². The second-order valence-corrected chi connectivity index (χ2v) is 5.27. The average molecular weight is 272 g/mol. The summed E-state index contributed by atoms with van der Waals surface area (Å²) in [5.41, 5.74) is 3.00. The van der Waals surface area contributed by atoms with E-state index in [4.69, 9.17) is 4.74 Å². The lowest BCUT2D eigenvalue weighted by atomic mass is 9.78. The third-order valence-electron chi connectivity index (χ3n) is 3.83. The Kier molecular flexibility index (Phi) is 3.45. The molecule has 0 aliphatic heterocycles. The van der Waals surface area contributed by atoms with E-state index in [0.29, 0.717) is 23.8 Å². The zero-order valence-corrected chi connectivity index (χ0v) is 11.3. The number of hydrogen-bond donors (Lipinski definition) is 1. The van der Waals surface area contributed by atoms with Gasteiger partial charge >= 0.3 is 0 Å². The first-order chi connectivity index (χ1) is 9.65. The van der Waals surface area contributed by atoms with E-state index >= 15 is 0 Å². The van der Waals surface area contributed by atoms with Crippen molar-refractivity contribution in [1.82, 2.24) is 0 Å². The molecule has 104 valence electrons. The van der Waals surface area contributed by atoms with Gasteiger partial charge in [0, 0.05) is 17.5 Å². The molecule has 2 aromatic rings. The van der Waals surface area contributed by atoms with Gasteiger partial charge in [0.15, 0.2) is 0 Å². The van der Waals surface area contributed by atoms with Crippen molar-refractivity contribution in [1.29, 1.82) is 0 Å². The van der Waals surface area contributed by atoms with E-state index in [0.717, 1.165) is 6.42 Å². The molecular formula is C17H17FO2. The van der Waals surface area contributed by atoms with E-state index in [1.807, 2.05) is 12.1 Å². The summed E-state index contributed by atoms with van der Waals surface area (Å²) in [6, 6.07) is 12.9. The van der Waals surface area contributed by atoms with Gasteiger partial charge in [-0.15, -0.1) is 0 Å². The van der Waals surface area contributed by atoms with Gasteiger partial charge in [0.25, 0.3) is 0 Å². The number of ether oxygens (including phenoxy) is 1. The van der Waals surface area contributed by atoms with Crippen LogP contribution in [-0.2, 0) is 6.42 Å². The van der Waals surface area contributed by atoms with Crippen LogP contribution >= 0.6 is 0 Å². The van der Waals surface area contributed by atoms with Crippen molar-refractivity contribution in [3.63, 3.8) is 0 Å². The normalized spacial score (nSPS) is 18.1. The molecule has 2 nitrogen and oxygen atoms in total. The summed E-state index contributed by atoms with van der Waals surface area (Å²) in [4.78, 5) is 0. The van der Waals surface area contributed by atoms with Crippen LogP contribution in [0.25, 0.3) is 0 Å². The minimum Gasteiger partial charge on any atom is -0.493 e. The number of fused-ring (bicyclic) bond motifs is 1. The quantitative estimate of drug-likeness (QED) is 0.921. The maximum atomic E-state index is 13.7. The van der Waals surface area contributed by atoms with E-state index in [1.165, 1.54) is 17.2 Å². The molecule has 0 bridgehead atoms. The summed E-state index contributed by atoms with van der Waals surface area (Å²) in [5.74, 6) is 0.480. The molecule has 20 heavy (non-hydrogen) atoms. The van der Waals surface area contributed by atoms with Crippen molar-refractivity contribution < 1.29 is 14.2 Å². The van der Waals surface area contributed by atoms with Crippen LogP contribution in [0, 0.1) is 5.82 Å². The van der Waals surface area contributed by atoms with Crippen molar-refractivity contribution in [2.45, 2.75) is 25.4 Å². The summed E-state index contributed by atoms with van der Waals surface area (Å²) in [6.07, 6.45) is 0.215. The van der Waals surface area contributed by atoms with E-state index in [-0.39, 0.29) is 0 Å². The Balaban J connectivity index is 1.64. The average Bonchev–Trinajstić information content (AvgIpc) is 2.39. The third kappa shape index (κ3) is 2.41. The first kappa shape index (κ1) is 13.1. The fraction of sp³-hybridized carbons (Fsp3) is 0.294. The van der Waals surface area contributed by atoms with Gasteiger partial charge in [-0.05, 0) is 36.6 Å². The molecule has 1 N–H and O–H groups in total. The van der Waals surface area contributed by atoms with E-state index in [2.05, 4.69) is 12.1 Å². The van der Waals surface area contributed by atoms with Gasteiger partial charge in [-0.1, -0.05) is 24.3 Å². The van der Waals surface area contributed by atoms with Gasteiger partial charge < -0.3 is 9.84 Å². The Labute approximate surface area is 117 Å². The van der Waals surface area contributed by atoms with E-state index in [1.54, 1.807) is 19.1 Å². The van der Waals surface area contributed by atoms with Crippen molar-refractivity contribution in [3.05, 3.63) is 65.0 Å². The molecule has 0 spiro atoms. The van der Waals surface area contributed by atoms with Crippen LogP contribution in [0.1, 0.15) is 35.6 Å². The molecule has 1 aliphatic rings. The summed E-state index contributed by atoms with van der Waals surface area (Å²) >= 11 is 0. The lowest BCUT2D eigenvalue weighted by molar-refractivity contribution is 0.193. The van der Waals surface area contributed by atoms with Crippen molar-refractivity contribution >= 4 is 0 Å². The molecule has 0 saturated heterocycles. The topological polar surface area (TPSA) is 29.5 Å². The van der Waals surface area contributed by atoms with Gasteiger partial charge in [0.05, 0.1) is 12.7 Å². The molecule has 1 unspecified atom stereocenters. The molecule has 3 rings (SSSR count). The van der Waals surface area contributed by atoms with Gasteiger partial charge in [-0.25, -0.2) is 4.39 Å². The SMILES string of the molecule is C[C@H](O)c1ccc(OCC2Cc3ccccc32)cc1F. The monoisotopic (exact) mass is 272 g/mol. The van der Waals surface area contributed by atoms with Gasteiger partial charge in [-0.2, -0.15) is 0 Å². The zero-order chi connectivity index (χ0) is 14.1. The largest absolute Gasteiger partial charge is 0.493 e. The number of benzene rings is 2. The zero-order valence-electron chi connectivity index (χ0n) is 11.3. The molecule has 2 atom stereocenters. The molecule has 0 fully saturated rings. The highest BCUT2D eigenvalue weighted by molar-refractivity contribution is 5.40. The Hall–Kier alpha value is -1.87. The van der Waals surface area contributed by atoms with Crippen LogP contribution in [-0.4, -0.2) is 11.7 Å². The maximum Gasteiger partial charge on any atom is 0.132 e. The number of rotatable bonds is 4. The molecule has 2 aromatic carbocycles. The van der Waals surface area contributed by atoms with Crippen LogP contribution in [0.15, 0.2) is 42.5 Å². The Morgan fingerprint density at radius 3 is 2.80 bits per heavy atom. The smallest absolute Gasteiger partial charge is 0.132 e. The molecule has 0 saturated carbocycles. The molecule has 1 aliphatic carbocycles. The minimum atomic E-state index is -0.803. The Bertz CT molecular complexity index is 622. The van der Waals surface area contributed by atoms with Crippen LogP contribution in [0.4, 0.5) is 4.39 Å². The summed E-state index contributed by atoms with van der Waals surface area (Å²) in [7, 11) is 0. The molecule has 0 radical (unpaired) electrons. The first-order valence-corrected chi connectivity index (χ1v) is 6.83. The minimum absolute atomic E-state index is 0.298. The van der Waals surface area contributed by atoms with Gasteiger partial charge in [-0.3, -0.25) is 0 Å². The molecular weight excluding hydrogens is 255 g/mol. The summed E-state index contributed by atoms with van der Waals surface area (Å²) in [5, 5.41) is 9.39. The lowest BCUT2D eigenvalue weighted by Gasteiger charge is -2.29. The van der Waals surface area contributed by atoms with Crippen LogP contribution in [0.3, 0.4) is 0 Å². The Morgan fingerprint density at radius 2 is 2.10 bits per heavy atom. The standard InChI is InChI=1S/C17H17FO2/c1-11(19)15-7-6-14(9-17(15)18)20-10-13-8-12-4-2-3-5-16(12)13/h2-7,9,11,13,19H,8,10H2,1H3/t11-,13?/m0/s1. The second-order valence-electron chi connectivity index (χ2n) is 5.27. The number of halogens is 1. The lowest BCUT2D eigenvalue weighted by Crippen LogP contribution is -2.23. The number of aliphatic hydroxyl groups is 1. The van der Waals surface area contributed by atoms with E-state index < -0.39 is 11.9 Å². The van der Waals surface area contributed by atoms with Crippen LogP contribution < -0.4 is 4.74 Å². The number of aliphatic hydroxyl groups excluding tert-OH is 1.